The quantitative estimate of drug-likeness (QED) is 0.595. The van der Waals surface area contributed by atoms with Gasteiger partial charge in [0, 0.05) is 25.6 Å². The molecule has 0 radical (unpaired) electrons. The molecule has 1 aromatic carbocycles. The summed E-state index contributed by atoms with van der Waals surface area (Å²) in [5.41, 5.74) is 1.08. The second-order valence-electron chi connectivity index (χ2n) is 7.98. The van der Waals surface area contributed by atoms with E-state index in [1.165, 1.54) is 6.07 Å². The van der Waals surface area contributed by atoms with Crippen LogP contribution in [-0.2, 0) is 16.4 Å². The van der Waals surface area contributed by atoms with Gasteiger partial charge in [0.1, 0.15) is 11.9 Å². The molecule has 2 aliphatic rings. The number of nitrogens with one attached hydrogen (secondary N) is 2. The maximum Gasteiger partial charge on any atom is 0.255 e. The van der Waals surface area contributed by atoms with Gasteiger partial charge < -0.3 is 10.1 Å². The molecule has 29 heavy (non-hydrogen) atoms. The Bertz CT molecular complexity index is 841. The molecule has 0 saturated carbocycles. The number of benzene rings is 1. The third-order valence-electron chi connectivity index (χ3n) is 5.75. The van der Waals surface area contributed by atoms with Crippen LogP contribution in [0.2, 0.25) is 0 Å². The van der Waals surface area contributed by atoms with E-state index in [9.17, 15) is 13.2 Å². The molecule has 7 nitrogen and oxygen atoms in total. The fourth-order valence-electron chi connectivity index (χ4n) is 4.14. The summed E-state index contributed by atoms with van der Waals surface area (Å²) < 4.78 is 33.9. The Morgan fingerprint density at radius 1 is 1.31 bits per heavy atom. The molecule has 2 N–H and O–H groups in total. The minimum atomic E-state index is -3.66. The van der Waals surface area contributed by atoms with Gasteiger partial charge in [-0.05, 0) is 57.0 Å². The van der Waals surface area contributed by atoms with Crippen molar-refractivity contribution in [1.82, 2.24) is 14.9 Å². The van der Waals surface area contributed by atoms with Gasteiger partial charge in [-0.2, -0.15) is 0 Å². The fourth-order valence-corrected chi connectivity index (χ4v) is 5.29. The first kappa shape index (κ1) is 22.1. The number of likely N-dealkylation sites (N-methyl/N-ethyl adjacent to an activating group) is 1. The van der Waals surface area contributed by atoms with Crippen LogP contribution >= 0.6 is 0 Å². The topological polar surface area (TPSA) is 87.7 Å². The highest BCUT2D eigenvalue weighted by atomic mass is 32.2. The summed E-state index contributed by atoms with van der Waals surface area (Å²) in [6, 6.07) is 3.42. The van der Waals surface area contributed by atoms with Crippen molar-refractivity contribution in [3.8, 4) is 5.75 Å². The molecule has 162 valence electrons. The third kappa shape index (κ3) is 5.10. The average molecular weight is 424 g/mol. The van der Waals surface area contributed by atoms with E-state index in [1.54, 1.807) is 6.07 Å². The molecule has 3 rings (SSSR count). The Morgan fingerprint density at radius 3 is 2.83 bits per heavy atom. The second kappa shape index (κ2) is 9.45. The van der Waals surface area contributed by atoms with E-state index in [2.05, 4.69) is 21.9 Å². The van der Waals surface area contributed by atoms with Crippen LogP contribution in [-0.4, -0.2) is 57.5 Å². The lowest BCUT2D eigenvalue weighted by Crippen LogP contribution is -2.40. The van der Waals surface area contributed by atoms with Crippen LogP contribution < -0.4 is 14.8 Å². The molecule has 2 heterocycles. The minimum absolute atomic E-state index is 0.0760. The predicted molar refractivity (Wildman–Crippen MR) is 113 cm³/mol. The minimum Gasteiger partial charge on any atom is -0.489 e. The van der Waals surface area contributed by atoms with E-state index in [4.69, 9.17) is 4.74 Å². The maximum absolute atomic E-state index is 13.0. The van der Waals surface area contributed by atoms with Gasteiger partial charge >= 0.3 is 0 Å². The monoisotopic (exact) mass is 423 g/mol. The summed E-state index contributed by atoms with van der Waals surface area (Å²) in [5, 5.41) is 3.00. The number of likely N-dealkylation sites (tertiary alicyclic amines) is 1. The number of rotatable bonds is 9. The van der Waals surface area contributed by atoms with Gasteiger partial charge in [-0.3, -0.25) is 9.69 Å². The Labute approximate surface area is 174 Å². The van der Waals surface area contributed by atoms with Crippen molar-refractivity contribution < 1.29 is 17.9 Å². The molecule has 2 unspecified atom stereocenters. The van der Waals surface area contributed by atoms with E-state index in [-0.39, 0.29) is 16.9 Å². The van der Waals surface area contributed by atoms with Gasteiger partial charge in [-0.1, -0.05) is 20.3 Å². The Morgan fingerprint density at radius 2 is 2.10 bits per heavy atom. The lowest BCUT2D eigenvalue weighted by molar-refractivity contribution is 0.0936. The summed E-state index contributed by atoms with van der Waals surface area (Å²) in [6.45, 7) is 9.03. The first-order chi connectivity index (χ1) is 13.9. The van der Waals surface area contributed by atoms with Crippen LogP contribution in [0.3, 0.4) is 0 Å². The first-order valence-electron chi connectivity index (χ1n) is 10.7. The standard InChI is InChI=1S/C21H33N3O4S/c1-4-6-9-23-29(26,27)18-12-16-11-15(3)28-20(16)19(13-18)21(25)22-14-17-8-7-10-24(17)5-2/h12-13,15,17,23H,4-11,14H2,1-3H3,(H,22,25). The van der Waals surface area contributed by atoms with Crippen LogP contribution in [0.5, 0.6) is 5.75 Å². The van der Waals surface area contributed by atoms with Crippen molar-refractivity contribution in [2.75, 3.05) is 26.2 Å². The third-order valence-corrected chi connectivity index (χ3v) is 7.19. The van der Waals surface area contributed by atoms with Crippen LogP contribution in [0.1, 0.15) is 62.4 Å². The molecule has 2 aliphatic heterocycles. The summed E-state index contributed by atoms with van der Waals surface area (Å²) in [4.78, 5) is 15.5. The number of nitrogens with zero attached hydrogens (tertiary/aromatic N) is 1. The van der Waals surface area contributed by atoms with Crippen LogP contribution in [0.4, 0.5) is 0 Å². The zero-order chi connectivity index (χ0) is 21.0. The molecule has 0 aliphatic carbocycles. The van der Waals surface area contributed by atoms with Gasteiger partial charge in [0.15, 0.2) is 0 Å². The highest BCUT2D eigenvalue weighted by Gasteiger charge is 2.30. The fraction of sp³-hybridized carbons (Fsp3) is 0.667. The van der Waals surface area contributed by atoms with Crippen molar-refractivity contribution in [2.24, 2.45) is 0 Å². The van der Waals surface area contributed by atoms with Crippen molar-refractivity contribution >= 4 is 15.9 Å². The van der Waals surface area contributed by atoms with Gasteiger partial charge in [-0.15, -0.1) is 0 Å². The maximum atomic E-state index is 13.0. The molecular formula is C21H33N3O4S. The van der Waals surface area contributed by atoms with Crippen LogP contribution in [0.15, 0.2) is 17.0 Å². The number of unbranched alkanes of at least 4 members (excludes halogenated alkanes) is 1. The Kier molecular flexibility index (Phi) is 7.19. The normalized spacial score (nSPS) is 21.8. The van der Waals surface area contributed by atoms with E-state index in [1.807, 2.05) is 13.8 Å². The van der Waals surface area contributed by atoms with E-state index in [0.717, 1.165) is 44.3 Å². The Hall–Kier alpha value is -1.64. The molecule has 0 spiro atoms. The Balaban J connectivity index is 1.81. The number of hydrogen-bond acceptors (Lipinski definition) is 5. The molecular weight excluding hydrogens is 390 g/mol. The lowest BCUT2D eigenvalue weighted by atomic mass is 10.1. The molecule has 0 aromatic heterocycles. The molecule has 1 amide bonds. The summed E-state index contributed by atoms with van der Waals surface area (Å²) in [5.74, 6) is 0.241. The highest BCUT2D eigenvalue weighted by Crippen LogP contribution is 2.35. The molecule has 8 heteroatoms. The van der Waals surface area contributed by atoms with Crippen molar-refractivity contribution in [1.29, 1.82) is 0 Å². The molecule has 1 fully saturated rings. The highest BCUT2D eigenvalue weighted by molar-refractivity contribution is 7.89. The van der Waals surface area contributed by atoms with E-state index < -0.39 is 10.0 Å². The SMILES string of the molecule is CCCCNS(=O)(=O)c1cc2c(c(C(=O)NCC3CCCN3CC)c1)OC(C)C2. The van der Waals surface area contributed by atoms with Crippen LogP contribution in [0, 0.1) is 0 Å². The number of hydrogen-bond donors (Lipinski definition) is 2. The van der Waals surface area contributed by atoms with Gasteiger partial charge in [0.25, 0.3) is 5.91 Å². The van der Waals surface area contributed by atoms with Crippen LogP contribution in [0.25, 0.3) is 0 Å². The molecule has 0 bridgehead atoms. The molecule has 2 atom stereocenters. The smallest absolute Gasteiger partial charge is 0.255 e. The van der Waals surface area contributed by atoms with E-state index in [0.29, 0.717) is 36.9 Å². The van der Waals surface area contributed by atoms with Gasteiger partial charge in [0.05, 0.1) is 10.5 Å². The first-order valence-corrected chi connectivity index (χ1v) is 12.2. The number of amides is 1. The lowest BCUT2D eigenvalue weighted by Gasteiger charge is -2.23. The summed E-state index contributed by atoms with van der Waals surface area (Å²) in [6.07, 6.45) is 4.40. The van der Waals surface area contributed by atoms with Gasteiger partial charge in [-0.25, -0.2) is 13.1 Å². The van der Waals surface area contributed by atoms with Crippen molar-refractivity contribution in [3.63, 3.8) is 0 Å². The number of carbonyl (C=O) groups excluding carboxylic acids is 1. The second-order valence-corrected chi connectivity index (χ2v) is 9.74. The molecule has 1 saturated heterocycles. The summed E-state index contributed by atoms with van der Waals surface area (Å²) >= 11 is 0. The molecule has 1 aromatic rings. The van der Waals surface area contributed by atoms with Crippen molar-refractivity contribution in [3.05, 3.63) is 23.3 Å². The summed E-state index contributed by atoms with van der Waals surface area (Å²) in [7, 11) is -3.66. The average Bonchev–Trinajstić information content (AvgIpc) is 3.30. The predicted octanol–water partition coefficient (Wildman–Crippen LogP) is 2.30. The largest absolute Gasteiger partial charge is 0.489 e. The number of ether oxygens (including phenoxy) is 1. The van der Waals surface area contributed by atoms with Crippen molar-refractivity contribution in [2.45, 2.75) is 69.9 Å². The number of carbonyl (C=O) groups is 1. The van der Waals surface area contributed by atoms with Gasteiger partial charge in [0.2, 0.25) is 10.0 Å². The number of sulfonamides is 1. The van der Waals surface area contributed by atoms with E-state index >= 15 is 0 Å². The number of fused-ring (bicyclic) bond motifs is 1. The zero-order valence-electron chi connectivity index (χ0n) is 17.7. The zero-order valence-corrected chi connectivity index (χ0v) is 18.5.